The molecule has 6 heteroatoms. The van der Waals surface area contributed by atoms with Crippen molar-refractivity contribution in [1.82, 2.24) is 14.9 Å². The second kappa shape index (κ2) is 10.3. The Kier molecular flexibility index (Phi) is 6.60. The summed E-state index contributed by atoms with van der Waals surface area (Å²) in [4.78, 5) is 16.4. The van der Waals surface area contributed by atoms with Gasteiger partial charge in [0.25, 0.3) is 6.01 Å². The van der Waals surface area contributed by atoms with Crippen LogP contribution in [-0.2, 0) is 6.54 Å². The molecular weight excluding hydrogens is 446 g/mol. The summed E-state index contributed by atoms with van der Waals surface area (Å²) in [6, 6.07) is 23.0. The van der Waals surface area contributed by atoms with Crippen LogP contribution in [0.4, 0.5) is 17.4 Å². The zero-order valence-electron chi connectivity index (χ0n) is 21.1. The van der Waals surface area contributed by atoms with E-state index < -0.39 is 0 Å². The minimum absolute atomic E-state index is 0.426. The number of hydrogen-bond acceptors (Lipinski definition) is 6. The molecule has 1 aliphatic heterocycles. The lowest BCUT2D eigenvalue weighted by Crippen LogP contribution is -2.47. The van der Waals surface area contributed by atoms with Crippen LogP contribution in [0, 0.1) is 0 Å². The minimum atomic E-state index is 0.426. The van der Waals surface area contributed by atoms with Crippen molar-refractivity contribution >= 4 is 28.5 Å². The maximum atomic E-state index is 6.29. The lowest BCUT2D eigenvalue weighted by atomic mass is 10.0. The van der Waals surface area contributed by atoms with Crippen LogP contribution >= 0.6 is 0 Å². The van der Waals surface area contributed by atoms with E-state index in [0.717, 1.165) is 53.9 Å². The molecule has 2 aromatic carbocycles. The SMILES string of the molecule is CN(c1ccncc1)c1ccc(CN(c2nc3ccccc3o2)C2CCN(C3CCCC3)CC2)cc1. The van der Waals surface area contributed by atoms with Crippen LogP contribution in [-0.4, -0.2) is 47.1 Å². The van der Waals surface area contributed by atoms with E-state index in [-0.39, 0.29) is 0 Å². The van der Waals surface area contributed by atoms with Crippen LogP contribution in [0.2, 0.25) is 0 Å². The van der Waals surface area contributed by atoms with Gasteiger partial charge in [0.05, 0.1) is 0 Å². The summed E-state index contributed by atoms with van der Waals surface area (Å²) in [6.07, 6.45) is 11.5. The fourth-order valence-corrected chi connectivity index (χ4v) is 5.91. The molecule has 1 saturated heterocycles. The zero-order chi connectivity index (χ0) is 24.3. The Hall–Kier alpha value is -3.38. The zero-order valence-corrected chi connectivity index (χ0v) is 21.1. The highest BCUT2D eigenvalue weighted by Gasteiger charge is 2.31. The maximum absolute atomic E-state index is 6.29. The van der Waals surface area contributed by atoms with Gasteiger partial charge in [-0.05, 0) is 67.6 Å². The van der Waals surface area contributed by atoms with E-state index in [1.54, 1.807) is 0 Å². The number of anilines is 3. The number of likely N-dealkylation sites (tertiary alicyclic amines) is 1. The van der Waals surface area contributed by atoms with E-state index >= 15 is 0 Å². The number of para-hydroxylation sites is 2. The average molecular weight is 482 g/mol. The first kappa shape index (κ1) is 23.0. The van der Waals surface area contributed by atoms with Crippen LogP contribution in [0.25, 0.3) is 11.1 Å². The highest BCUT2D eigenvalue weighted by Crippen LogP contribution is 2.32. The van der Waals surface area contributed by atoms with Gasteiger partial charge in [-0.25, -0.2) is 0 Å². The van der Waals surface area contributed by atoms with Gasteiger partial charge < -0.3 is 19.1 Å². The largest absolute Gasteiger partial charge is 0.423 e. The van der Waals surface area contributed by atoms with Gasteiger partial charge in [0.2, 0.25) is 0 Å². The molecule has 0 unspecified atom stereocenters. The first-order chi connectivity index (χ1) is 17.7. The van der Waals surface area contributed by atoms with Crippen molar-refractivity contribution < 1.29 is 4.42 Å². The minimum Gasteiger partial charge on any atom is -0.423 e. The molecule has 0 amide bonds. The third-order valence-corrected chi connectivity index (χ3v) is 8.04. The Balaban J connectivity index is 1.22. The van der Waals surface area contributed by atoms with Crippen molar-refractivity contribution in [2.45, 2.75) is 57.2 Å². The Morgan fingerprint density at radius 1 is 0.861 bits per heavy atom. The monoisotopic (exact) mass is 481 g/mol. The Morgan fingerprint density at radius 2 is 1.56 bits per heavy atom. The number of fused-ring (bicyclic) bond motifs is 1. The van der Waals surface area contributed by atoms with Crippen molar-refractivity contribution in [2.24, 2.45) is 0 Å². The second-order valence-corrected chi connectivity index (χ2v) is 10.2. The van der Waals surface area contributed by atoms with Crippen molar-refractivity contribution in [3.05, 3.63) is 78.6 Å². The van der Waals surface area contributed by atoms with E-state index in [0.29, 0.717) is 6.04 Å². The maximum Gasteiger partial charge on any atom is 0.298 e. The summed E-state index contributed by atoms with van der Waals surface area (Å²) in [6.45, 7) is 3.13. The third-order valence-electron chi connectivity index (χ3n) is 8.04. The molecule has 1 saturated carbocycles. The number of piperidine rings is 1. The van der Waals surface area contributed by atoms with Gasteiger partial charge in [0.1, 0.15) is 5.52 Å². The second-order valence-electron chi connectivity index (χ2n) is 10.2. The predicted octanol–water partition coefficient (Wildman–Crippen LogP) is 6.40. The molecule has 0 spiro atoms. The van der Waals surface area contributed by atoms with Gasteiger partial charge in [-0.2, -0.15) is 4.98 Å². The Morgan fingerprint density at radius 3 is 2.28 bits per heavy atom. The van der Waals surface area contributed by atoms with Crippen molar-refractivity contribution in [2.75, 3.05) is 29.9 Å². The van der Waals surface area contributed by atoms with E-state index in [2.05, 4.69) is 51.0 Å². The fraction of sp³-hybridized carbons (Fsp3) is 0.400. The molecule has 2 aromatic heterocycles. The number of rotatable bonds is 7. The molecule has 0 radical (unpaired) electrons. The summed E-state index contributed by atoms with van der Waals surface area (Å²) in [5.74, 6) is 0. The molecular formula is C30H35N5O. The van der Waals surface area contributed by atoms with Gasteiger partial charge in [-0.3, -0.25) is 4.98 Å². The van der Waals surface area contributed by atoms with Gasteiger partial charge in [-0.1, -0.05) is 37.1 Å². The first-order valence-corrected chi connectivity index (χ1v) is 13.3. The summed E-state index contributed by atoms with van der Waals surface area (Å²) in [5, 5.41) is 0. The van der Waals surface area contributed by atoms with Crippen LogP contribution < -0.4 is 9.80 Å². The molecule has 1 aliphatic carbocycles. The summed E-state index contributed by atoms with van der Waals surface area (Å²) >= 11 is 0. The van der Waals surface area contributed by atoms with Crippen LogP contribution in [0.1, 0.15) is 44.1 Å². The lowest BCUT2D eigenvalue weighted by molar-refractivity contribution is 0.150. The molecule has 0 N–H and O–H groups in total. The lowest BCUT2D eigenvalue weighted by Gasteiger charge is -2.40. The molecule has 186 valence electrons. The van der Waals surface area contributed by atoms with E-state index in [4.69, 9.17) is 9.40 Å². The first-order valence-electron chi connectivity index (χ1n) is 13.3. The quantitative estimate of drug-likeness (QED) is 0.304. The van der Waals surface area contributed by atoms with Crippen LogP contribution in [0.3, 0.4) is 0 Å². The number of benzene rings is 2. The summed E-state index contributed by atoms with van der Waals surface area (Å²) < 4.78 is 6.29. The molecule has 3 heterocycles. The van der Waals surface area contributed by atoms with Crippen molar-refractivity contribution in [1.29, 1.82) is 0 Å². The summed E-state index contributed by atoms with van der Waals surface area (Å²) in [7, 11) is 2.09. The molecule has 36 heavy (non-hydrogen) atoms. The van der Waals surface area contributed by atoms with E-state index in [1.807, 2.05) is 48.8 Å². The molecule has 0 bridgehead atoms. The van der Waals surface area contributed by atoms with Gasteiger partial charge in [0, 0.05) is 62.5 Å². The molecule has 4 aromatic rings. The molecule has 2 aliphatic rings. The fourth-order valence-electron chi connectivity index (χ4n) is 5.91. The normalized spacial score (nSPS) is 17.6. The summed E-state index contributed by atoms with van der Waals surface area (Å²) in [5.41, 5.74) is 5.33. The smallest absolute Gasteiger partial charge is 0.298 e. The van der Waals surface area contributed by atoms with Gasteiger partial charge in [-0.15, -0.1) is 0 Å². The number of oxazole rings is 1. The molecule has 0 atom stereocenters. The van der Waals surface area contributed by atoms with Crippen molar-refractivity contribution in [3.8, 4) is 0 Å². The Bertz CT molecular complexity index is 1220. The van der Waals surface area contributed by atoms with Gasteiger partial charge >= 0.3 is 0 Å². The van der Waals surface area contributed by atoms with Crippen LogP contribution in [0.5, 0.6) is 0 Å². The average Bonchev–Trinajstić information content (AvgIpc) is 3.63. The standard InChI is InChI=1S/C30H35N5O/c1-33(25-14-18-31-19-15-25)24-12-10-23(11-13-24)22-35(30-32-28-8-4-5-9-29(28)36-30)27-16-20-34(21-17-27)26-6-2-3-7-26/h4-5,8-15,18-19,26-27H,2-3,6-7,16-17,20-22H2,1H3. The molecule has 6 rings (SSSR count). The number of nitrogens with zero attached hydrogens (tertiary/aromatic N) is 5. The third kappa shape index (κ3) is 4.82. The van der Waals surface area contributed by atoms with E-state index in [9.17, 15) is 0 Å². The van der Waals surface area contributed by atoms with Gasteiger partial charge in [0.15, 0.2) is 5.58 Å². The number of aromatic nitrogens is 2. The number of pyridine rings is 1. The molecule has 2 fully saturated rings. The number of hydrogen-bond donors (Lipinski definition) is 0. The van der Waals surface area contributed by atoms with Crippen molar-refractivity contribution in [3.63, 3.8) is 0 Å². The Labute approximate surface area is 213 Å². The van der Waals surface area contributed by atoms with E-state index in [1.165, 1.54) is 44.3 Å². The topological polar surface area (TPSA) is 48.6 Å². The highest BCUT2D eigenvalue weighted by atomic mass is 16.4. The highest BCUT2D eigenvalue weighted by molar-refractivity contribution is 5.74. The molecule has 6 nitrogen and oxygen atoms in total. The predicted molar refractivity (Wildman–Crippen MR) is 146 cm³/mol. The van der Waals surface area contributed by atoms with Crippen LogP contribution in [0.15, 0.2) is 77.5 Å².